The Hall–Kier alpha value is -0.650. The average Bonchev–Trinajstić information content (AvgIpc) is 2.92. The molecule has 2 heterocycles. The van der Waals surface area contributed by atoms with Crippen LogP contribution >= 0.6 is 27.3 Å². The number of aromatic nitrogens is 2. The molecule has 0 bridgehead atoms. The van der Waals surface area contributed by atoms with Gasteiger partial charge >= 0.3 is 0 Å². The van der Waals surface area contributed by atoms with E-state index in [9.17, 15) is 0 Å². The zero-order valence-electron chi connectivity index (χ0n) is 10.9. The Kier molecular flexibility index (Phi) is 4.59. The van der Waals surface area contributed by atoms with Crippen LogP contribution in [-0.4, -0.2) is 16.3 Å². The van der Waals surface area contributed by atoms with Crippen LogP contribution in [0.25, 0.3) is 0 Å². The number of hydrogen-bond acceptors (Lipinski definition) is 3. The van der Waals surface area contributed by atoms with Gasteiger partial charge < -0.3 is 5.32 Å². The molecule has 0 aromatic carbocycles. The highest BCUT2D eigenvalue weighted by atomic mass is 79.9. The molecule has 2 aromatic rings. The SMILES string of the molecule is CCNC(c1cscc1Br)c1cn(C)nc1CC. The summed E-state index contributed by atoms with van der Waals surface area (Å²) in [6, 6.07) is 0.222. The van der Waals surface area contributed by atoms with E-state index < -0.39 is 0 Å². The largest absolute Gasteiger partial charge is 0.306 e. The first kappa shape index (κ1) is 13.8. The molecule has 5 heteroatoms. The van der Waals surface area contributed by atoms with Gasteiger partial charge in [0.1, 0.15) is 0 Å². The average molecular weight is 328 g/mol. The number of aryl methyl sites for hydroxylation is 2. The predicted molar refractivity (Wildman–Crippen MR) is 80.1 cm³/mol. The summed E-state index contributed by atoms with van der Waals surface area (Å²) in [6.45, 7) is 5.22. The summed E-state index contributed by atoms with van der Waals surface area (Å²) < 4.78 is 3.07. The minimum Gasteiger partial charge on any atom is -0.306 e. The number of nitrogens with one attached hydrogen (secondary N) is 1. The quantitative estimate of drug-likeness (QED) is 0.910. The van der Waals surface area contributed by atoms with Crippen LogP contribution in [0.1, 0.15) is 36.7 Å². The van der Waals surface area contributed by atoms with E-state index in [0.717, 1.165) is 13.0 Å². The number of thiophene rings is 1. The van der Waals surface area contributed by atoms with Crippen LogP contribution in [0, 0.1) is 0 Å². The van der Waals surface area contributed by atoms with E-state index in [1.165, 1.54) is 21.3 Å². The molecule has 3 nitrogen and oxygen atoms in total. The third-order valence-electron chi connectivity index (χ3n) is 2.95. The second kappa shape index (κ2) is 5.99. The van der Waals surface area contributed by atoms with Gasteiger partial charge in [-0.2, -0.15) is 16.4 Å². The second-order valence-electron chi connectivity index (χ2n) is 4.22. The van der Waals surface area contributed by atoms with Crippen LogP contribution in [0.2, 0.25) is 0 Å². The Morgan fingerprint density at radius 3 is 2.72 bits per heavy atom. The normalized spacial score (nSPS) is 12.9. The molecule has 0 aliphatic heterocycles. The Labute approximate surface area is 120 Å². The van der Waals surface area contributed by atoms with Gasteiger partial charge in [0, 0.05) is 28.7 Å². The first-order valence-corrected chi connectivity index (χ1v) is 7.88. The molecule has 0 amide bonds. The van der Waals surface area contributed by atoms with Gasteiger partial charge in [-0.25, -0.2) is 0 Å². The van der Waals surface area contributed by atoms with E-state index >= 15 is 0 Å². The molecule has 2 rings (SSSR count). The minimum absolute atomic E-state index is 0.222. The fourth-order valence-corrected chi connectivity index (χ4v) is 3.71. The molecular formula is C13H18BrN3S. The number of halogens is 1. The van der Waals surface area contributed by atoms with Gasteiger partial charge in [0.15, 0.2) is 0 Å². The molecule has 0 saturated carbocycles. The lowest BCUT2D eigenvalue weighted by atomic mass is 10.0. The third-order valence-corrected chi connectivity index (χ3v) is 4.70. The van der Waals surface area contributed by atoms with Gasteiger partial charge in [0.25, 0.3) is 0 Å². The van der Waals surface area contributed by atoms with Crippen LogP contribution in [-0.2, 0) is 13.5 Å². The maximum atomic E-state index is 4.54. The highest BCUT2D eigenvalue weighted by Crippen LogP contribution is 2.32. The van der Waals surface area contributed by atoms with Crippen molar-refractivity contribution in [3.05, 3.63) is 38.3 Å². The number of hydrogen-bond donors (Lipinski definition) is 1. The van der Waals surface area contributed by atoms with Crippen LogP contribution in [0.15, 0.2) is 21.4 Å². The van der Waals surface area contributed by atoms with Gasteiger partial charge in [-0.15, -0.1) is 0 Å². The highest BCUT2D eigenvalue weighted by Gasteiger charge is 2.21. The monoisotopic (exact) mass is 327 g/mol. The lowest BCUT2D eigenvalue weighted by Gasteiger charge is -2.17. The second-order valence-corrected chi connectivity index (χ2v) is 5.82. The zero-order valence-corrected chi connectivity index (χ0v) is 13.3. The summed E-state index contributed by atoms with van der Waals surface area (Å²) in [5, 5.41) is 12.4. The van der Waals surface area contributed by atoms with Crippen molar-refractivity contribution in [1.82, 2.24) is 15.1 Å². The van der Waals surface area contributed by atoms with Crippen molar-refractivity contribution in [3.8, 4) is 0 Å². The smallest absolute Gasteiger partial charge is 0.0673 e. The van der Waals surface area contributed by atoms with E-state index in [0.29, 0.717) is 0 Å². The maximum absolute atomic E-state index is 4.54. The van der Waals surface area contributed by atoms with E-state index in [4.69, 9.17) is 0 Å². The molecule has 1 N–H and O–H groups in total. The molecule has 0 aliphatic rings. The Morgan fingerprint density at radius 2 is 2.17 bits per heavy atom. The summed E-state index contributed by atoms with van der Waals surface area (Å²) in [7, 11) is 1.98. The van der Waals surface area contributed by atoms with Gasteiger partial charge in [0.05, 0.1) is 11.7 Å². The summed E-state index contributed by atoms with van der Waals surface area (Å²) in [4.78, 5) is 0. The molecule has 0 aliphatic carbocycles. The predicted octanol–water partition coefficient (Wildman–Crippen LogP) is 3.51. The summed E-state index contributed by atoms with van der Waals surface area (Å²) in [5.41, 5.74) is 3.74. The van der Waals surface area contributed by atoms with Crippen molar-refractivity contribution in [2.45, 2.75) is 26.3 Å². The highest BCUT2D eigenvalue weighted by molar-refractivity contribution is 9.10. The van der Waals surface area contributed by atoms with E-state index in [2.05, 4.69) is 57.1 Å². The first-order valence-electron chi connectivity index (χ1n) is 6.14. The van der Waals surface area contributed by atoms with Crippen molar-refractivity contribution in [2.75, 3.05) is 6.54 Å². The maximum Gasteiger partial charge on any atom is 0.0673 e. The molecule has 0 radical (unpaired) electrons. The summed E-state index contributed by atoms with van der Waals surface area (Å²) in [5.74, 6) is 0. The molecule has 0 saturated heterocycles. The fraction of sp³-hybridized carbons (Fsp3) is 0.462. The molecule has 0 spiro atoms. The first-order chi connectivity index (χ1) is 8.67. The van der Waals surface area contributed by atoms with Crippen LogP contribution < -0.4 is 5.32 Å². The Balaban J connectivity index is 2.44. The molecule has 2 aromatic heterocycles. The molecular weight excluding hydrogens is 310 g/mol. The fourth-order valence-electron chi connectivity index (χ4n) is 2.16. The summed E-state index contributed by atoms with van der Waals surface area (Å²) in [6.07, 6.45) is 3.08. The van der Waals surface area contributed by atoms with Crippen LogP contribution in [0.3, 0.4) is 0 Å². The van der Waals surface area contributed by atoms with Crippen molar-refractivity contribution >= 4 is 27.3 Å². The number of rotatable bonds is 5. The molecule has 98 valence electrons. The Bertz CT molecular complexity index is 518. The van der Waals surface area contributed by atoms with Gasteiger partial charge in [-0.05, 0) is 39.8 Å². The lowest BCUT2D eigenvalue weighted by molar-refractivity contribution is 0.625. The van der Waals surface area contributed by atoms with Crippen molar-refractivity contribution in [1.29, 1.82) is 0 Å². The minimum atomic E-state index is 0.222. The number of nitrogens with zero attached hydrogens (tertiary/aromatic N) is 2. The van der Waals surface area contributed by atoms with E-state index in [1.54, 1.807) is 11.3 Å². The standard InChI is InChI=1S/C13H18BrN3S/c1-4-12-9(6-17(3)16-12)13(15-5-2)10-7-18-8-11(10)14/h6-8,13,15H,4-5H2,1-3H3. The van der Waals surface area contributed by atoms with Crippen LogP contribution in [0.4, 0.5) is 0 Å². The van der Waals surface area contributed by atoms with Gasteiger partial charge in [-0.1, -0.05) is 13.8 Å². The van der Waals surface area contributed by atoms with E-state index in [-0.39, 0.29) is 6.04 Å². The lowest BCUT2D eigenvalue weighted by Crippen LogP contribution is -2.22. The van der Waals surface area contributed by atoms with Gasteiger partial charge in [-0.3, -0.25) is 4.68 Å². The third kappa shape index (κ3) is 2.68. The molecule has 18 heavy (non-hydrogen) atoms. The Morgan fingerprint density at radius 1 is 1.39 bits per heavy atom. The molecule has 1 unspecified atom stereocenters. The van der Waals surface area contributed by atoms with Crippen molar-refractivity contribution in [3.63, 3.8) is 0 Å². The van der Waals surface area contributed by atoms with Crippen molar-refractivity contribution < 1.29 is 0 Å². The van der Waals surface area contributed by atoms with Crippen molar-refractivity contribution in [2.24, 2.45) is 7.05 Å². The van der Waals surface area contributed by atoms with Crippen LogP contribution in [0.5, 0.6) is 0 Å². The van der Waals surface area contributed by atoms with E-state index in [1.807, 2.05) is 11.7 Å². The van der Waals surface area contributed by atoms with Gasteiger partial charge in [0.2, 0.25) is 0 Å². The summed E-state index contributed by atoms with van der Waals surface area (Å²) >= 11 is 5.35. The zero-order chi connectivity index (χ0) is 13.1. The molecule has 0 fully saturated rings. The molecule has 1 atom stereocenters. The topological polar surface area (TPSA) is 29.9 Å².